The number of nitro groups is 1. The molecule has 0 saturated carbocycles. The summed E-state index contributed by atoms with van der Waals surface area (Å²) in [4.78, 5) is 21.7. The van der Waals surface area contributed by atoms with Crippen molar-refractivity contribution in [3.8, 4) is 0 Å². The molecule has 1 amide bonds. The third kappa shape index (κ3) is 4.45. The van der Waals surface area contributed by atoms with E-state index >= 15 is 0 Å². The summed E-state index contributed by atoms with van der Waals surface area (Å²) in [6.07, 6.45) is 1.92. The molecule has 1 atom stereocenters. The Labute approximate surface area is 127 Å². The van der Waals surface area contributed by atoms with Gasteiger partial charge in [-0.1, -0.05) is 0 Å². The van der Waals surface area contributed by atoms with Crippen LogP contribution in [0.25, 0.3) is 0 Å². The van der Waals surface area contributed by atoms with Gasteiger partial charge in [0, 0.05) is 12.1 Å². The molecule has 0 spiro atoms. The Bertz CT molecular complexity index is 570. The van der Waals surface area contributed by atoms with Crippen molar-refractivity contribution in [3.63, 3.8) is 0 Å². The number of hydrogen-bond donors (Lipinski definition) is 2. The van der Waals surface area contributed by atoms with Crippen LogP contribution in [0.1, 0.15) is 12.0 Å². The molecule has 0 aromatic heterocycles. The normalized spacial score (nSPS) is 17.1. The molecular weight excluding hydrogens is 290 g/mol. The second kappa shape index (κ2) is 7.41. The Morgan fingerprint density at radius 3 is 2.73 bits per heavy atom. The number of nitro benzene ring substituents is 1. The minimum absolute atomic E-state index is 0.00458. The monoisotopic (exact) mass is 307 g/mol. The zero-order valence-corrected chi connectivity index (χ0v) is 11.9. The van der Waals surface area contributed by atoms with Crippen LogP contribution in [0.4, 0.5) is 10.5 Å². The maximum absolute atomic E-state index is 11.7. The van der Waals surface area contributed by atoms with Crippen molar-refractivity contribution in [1.82, 2.24) is 5.32 Å². The van der Waals surface area contributed by atoms with Crippen LogP contribution < -0.4 is 11.1 Å². The van der Waals surface area contributed by atoms with Gasteiger partial charge in [-0.25, -0.2) is 4.79 Å². The van der Waals surface area contributed by atoms with Gasteiger partial charge >= 0.3 is 6.09 Å². The SMILES string of the molecule is NCC1=CC[C@@H](NC(=O)OCc2ccc([N+](=O)[O-])cc2)CO1. The molecule has 2 rings (SSSR count). The Balaban J connectivity index is 1.76. The quantitative estimate of drug-likeness (QED) is 0.628. The average molecular weight is 307 g/mol. The van der Waals surface area contributed by atoms with Gasteiger partial charge in [0.05, 0.1) is 17.5 Å². The van der Waals surface area contributed by atoms with Gasteiger partial charge in [0.2, 0.25) is 0 Å². The lowest BCUT2D eigenvalue weighted by atomic mass is 10.1. The molecule has 1 heterocycles. The van der Waals surface area contributed by atoms with Crippen molar-refractivity contribution < 1.29 is 19.2 Å². The first kappa shape index (κ1) is 15.8. The van der Waals surface area contributed by atoms with Crippen molar-refractivity contribution in [1.29, 1.82) is 0 Å². The fourth-order valence-corrected chi connectivity index (χ4v) is 1.92. The summed E-state index contributed by atoms with van der Waals surface area (Å²) in [7, 11) is 0. The van der Waals surface area contributed by atoms with Crippen LogP contribution >= 0.6 is 0 Å². The molecule has 1 aliphatic heterocycles. The van der Waals surface area contributed by atoms with Crippen molar-refractivity contribution in [2.24, 2.45) is 5.73 Å². The van der Waals surface area contributed by atoms with Crippen molar-refractivity contribution in [2.45, 2.75) is 19.1 Å². The second-order valence-electron chi connectivity index (χ2n) is 4.76. The number of carbonyl (C=O) groups is 1. The maximum Gasteiger partial charge on any atom is 0.407 e. The fourth-order valence-electron chi connectivity index (χ4n) is 1.92. The highest BCUT2D eigenvalue weighted by atomic mass is 16.6. The summed E-state index contributed by atoms with van der Waals surface area (Å²) < 4.78 is 10.4. The minimum Gasteiger partial charge on any atom is -0.495 e. The number of nitrogens with zero attached hydrogens (tertiary/aromatic N) is 1. The van der Waals surface area contributed by atoms with E-state index < -0.39 is 11.0 Å². The molecular formula is C14H17N3O5. The van der Waals surface area contributed by atoms with E-state index in [4.69, 9.17) is 15.2 Å². The average Bonchev–Trinajstić information content (AvgIpc) is 2.54. The zero-order valence-electron chi connectivity index (χ0n) is 11.9. The molecule has 118 valence electrons. The molecule has 0 saturated heterocycles. The second-order valence-corrected chi connectivity index (χ2v) is 4.76. The minimum atomic E-state index is -0.559. The molecule has 0 aliphatic carbocycles. The van der Waals surface area contributed by atoms with E-state index in [2.05, 4.69) is 5.32 Å². The van der Waals surface area contributed by atoms with Crippen LogP contribution in [0.3, 0.4) is 0 Å². The van der Waals surface area contributed by atoms with Gasteiger partial charge in [-0.05, 0) is 30.2 Å². The smallest absolute Gasteiger partial charge is 0.407 e. The summed E-state index contributed by atoms with van der Waals surface area (Å²) in [6, 6.07) is 5.67. The molecule has 3 N–H and O–H groups in total. The number of benzene rings is 1. The zero-order chi connectivity index (χ0) is 15.9. The van der Waals surface area contributed by atoms with E-state index in [0.717, 1.165) is 5.76 Å². The summed E-state index contributed by atoms with van der Waals surface area (Å²) in [5.74, 6) is 0.720. The maximum atomic E-state index is 11.7. The summed E-state index contributed by atoms with van der Waals surface area (Å²) in [6.45, 7) is 0.744. The Kier molecular flexibility index (Phi) is 5.31. The van der Waals surface area contributed by atoms with E-state index in [1.807, 2.05) is 6.08 Å². The van der Waals surface area contributed by atoms with Gasteiger partial charge in [-0.15, -0.1) is 0 Å². The number of nitrogens with one attached hydrogen (secondary N) is 1. The highest BCUT2D eigenvalue weighted by Gasteiger charge is 2.17. The Morgan fingerprint density at radius 1 is 1.45 bits per heavy atom. The lowest BCUT2D eigenvalue weighted by molar-refractivity contribution is -0.384. The van der Waals surface area contributed by atoms with E-state index in [0.29, 0.717) is 25.1 Å². The van der Waals surface area contributed by atoms with Crippen molar-refractivity contribution in [2.75, 3.05) is 13.2 Å². The lowest BCUT2D eigenvalue weighted by Gasteiger charge is -2.23. The van der Waals surface area contributed by atoms with Crippen LogP contribution in [0.5, 0.6) is 0 Å². The van der Waals surface area contributed by atoms with E-state index in [9.17, 15) is 14.9 Å². The number of amides is 1. The first-order valence-electron chi connectivity index (χ1n) is 6.77. The number of alkyl carbamates (subject to hydrolysis) is 1. The van der Waals surface area contributed by atoms with E-state index in [1.54, 1.807) is 12.1 Å². The van der Waals surface area contributed by atoms with Gasteiger partial charge < -0.3 is 20.5 Å². The third-order valence-electron chi connectivity index (χ3n) is 3.14. The number of hydrogen-bond acceptors (Lipinski definition) is 6. The Morgan fingerprint density at radius 2 is 2.18 bits per heavy atom. The molecule has 8 heteroatoms. The van der Waals surface area contributed by atoms with Gasteiger partial charge in [0.1, 0.15) is 19.0 Å². The van der Waals surface area contributed by atoms with Crippen LogP contribution in [-0.2, 0) is 16.1 Å². The van der Waals surface area contributed by atoms with Crippen LogP contribution in [0.15, 0.2) is 36.1 Å². The summed E-state index contributed by atoms with van der Waals surface area (Å²) in [5.41, 5.74) is 6.11. The van der Waals surface area contributed by atoms with Crippen LogP contribution in [-0.4, -0.2) is 30.2 Å². The van der Waals surface area contributed by atoms with Gasteiger partial charge in [0.15, 0.2) is 0 Å². The van der Waals surface area contributed by atoms with Gasteiger partial charge in [-0.3, -0.25) is 10.1 Å². The van der Waals surface area contributed by atoms with Crippen LogP contribution in [0, 0.1) is 10.1 Å². The molecule has 22 heavy (non-hydrogen) atoms. The molecule has 0 unspecified atom stereocenters. The van der Waals surface area contributed by atoms with Gasteiger partial charge in [-0.2, -0.15) is 0 Å². The summed E-state index contributed by atoms with van der Waals surface area (Å²) >= 11 is 0. The van der Waals surface area contributed by atoms with Crippen molar-refractivity contribution in [3.05, 3.63) is 51.8 Å². The molecule has 0 bridgehead atoms. The van der Waals surface area contributed by atoms with E-state index in [1.165, 1.54) is 12.1 Å². The first-order valence-corrected chi connectivity index (χ1v) is 6.77. The van der Waals surface area contributed by atoms with Crippen molar-refractivity contribution >= 4 is 11.8 Å². The Hall–Kier alpha value is -2.61. The molecule has 0 fully saturated rings. The first-order chi connectivity index (χ1) is 10.6. The number of non-ortho nitro benzene ring substituents is 1. The number of ether oxygens (including phenoxy) is 2. The topological polar surface area (TPSA) is 117 Å². The molecule has 1 aromatic carbocycles. The standard InChI is InChI=1S/C14H17N3O5/c15-7-13-6-3-11(9-21-13)16-14(18)22-8-10-1-4-12(5-2-10)17(19)20/h1-2,4-6,11H,3,7-9,15H2,(H,16,18)/t11-/m1/s1. The van der Waals surface area contributed by atoms with Crippen LogP contribution in [0.2, 0.25) is 0 Å². The lowest BCUT2D eigenvalue weighted by Crippen LogP contribution is -2.40. The van der Waals surface area contributed by atoms with Gasteiger partial charge in [0.25, 0.3) is 5.69 Å². The number of nitrogens with two attached hydrogens (primary N) is 1. The van der Waals surface area contributed by atoms with E-state index in [-0.39, 0.29) is 18.3 Å². The molecule has 0 radical (unpaired) electrons. The summed E-state index contributed by atoms with van der Waals surface area (Å²) in [5, 5.41) is 13.2. The number of rotatable bonds is 5. The fraction of sp³-hybridized carbons (Fsp3) is 0.357. The number of carbonyl (C=O) groups excluding carboxylic acids is 1. The molecule has 1 aromatic rings. The molecule has 1 aliphatic rings. The third-order valence-corrected chi connectivity index (χ3v) is 3.14. The molecule has 8 nitrogen and oxygen atoms in total. The predicted molar refractivity (Wildman–Crippen MR) is 77.9 cm³/mol. The highest BCUT2D eigenvalue weighted by molar-refractivity contribution is 5.67. The predicted octanol–water partition coefficient (Wildman–Crippen LogP) is 1.45. The highest BCUT2D eigenvalue weighted by Crippen LogP contribution is 2.13. The largest absolute Gasteiger partial charge is 0.495 e.